The lowest BCUT2D eigenvalue weighted by atomic mass is 9.79. The molecule has 2 atom stereocenters. The van der Waals surface area contributed by atoms with Gasteiger partial charge in [-0.05, 0) is 69.6 Å². The van der Waals surface area contributed by atoms with E-state index in [4.69, 9.17) is 9.84 Å². The third-order valence-corrected chi connectivity index (χ3v) is 6.19. The van der Waals surface area contributed by atoms with E-state index in [1.807, 2.05) is 0 Å². The van der Waals surface area contributed by atoms with E-state index in [9.17, 15) is 4.79 Å². The van der Waals surface area contributed by atoms with E-state index in [-0.39, 0.29) is 36.7 Å². The van der Waals surface area contributed by atoms with E-state index in [1.165, 1.54) is 59.0 Å². The van der Waals surface area contributed by atoms with Crippen LogP contribution in [0.5, 0.6) is 0 Å². The minimum Gasteiger partial charge on any atom is -0.469 e. The zero-order chi connectivity index (χ0) is 15.5. The fourth-order valence-corrected chi connectivity index (χ4v) is 4.68. The molecule has 6 aliphatic heterocycles. The highest BCUT2D eigenvalue weighted by Crippen LogP contribution is 2.33. The number of aliphatic hydroxyl groups is 1. The second-order valence-electron chi connectivity index (χ2n) is 7.35. The Morgan fingerprint density at radius 2 is 1.46 bits per heavy atom. The minimum absolute atomic E-state index is 0. The molecule has 0 amide bonds. The van der Waals surface area contributed by atoms with Gasteiger partial charge in [0.15, 0.2) is 0 Å². The summed E-state index contributed by atoms with van der Waals surface area (Å²) in [5, 5.41) is 8.99. The SMILES string of the molecule is COC(=O)C1CN2CCC1CC2.Cl.Cl.OCC1CN2CCC1CC2. The van der Waals surface area contributed by atoms with E-state index in [0.717, 1.165) is 19.0 Å². The summed E-state index contributed by atoms with van der Waals surface area (Å²) in [6, 6.07) is 0. The molecule has 0 spiro atoms. The molecule has 4 bridgehead atoms. The number of esters is 1. The van der Waals surface area contributed by atoms with Crippen molar-refractivity contribution in [2.24, 2.45) is 23.7 Å². The van der Waals surface area contributed by atoms with Gasteiger partial charge in [0.2, 0.25) is 0 Å². The Labute approximate surface area is 157 Å². The van der Waals surface area contributed by atoms with Gasteiger partial charge >= 0.3 is 5.97 Å². The lowest BCUT2D eigenvalue weighted by Gasteiger charge is -2.44. The summed E-state index contributed by atoms with van der Waals surface area (Å²) in [5.74, 6) is 2.20. The zero-order valence-corrected chi connectivity index (χ0v) is 16.2. The standard InChI is InChI=1S/C9H15NO2.C8H15NO.2ClH/c1-12-9(11)8-6-10-4-2-7(8)3-5-10;10-6-8-5-9-3-1-7(8)2-4-9;;/h7-8H,2-6H2,1H3;7-8,10H,1-6H2;2*1H. The van der Waals surface area contributed by atoms with Crippen LogP contribution in [-0.2, 0) is 9.53 Å². The Balaban J connectivity index is 0.000000224. The number of methoxy groups -OCH3 is 1. The normalized spacial score (nSPS) is 38.9. The molecular weight excluding hydrogens is 351 g/mol. The Kier molecular flexibility index (Phi) is 9.31. The van der Waals surface area contributed by atoms with Crippen LogP contribution in [0.2, 0.25) is 0 Å². The molecule has 0 aliphatic carbocycles. The maximum Gasteiger partial charge on any atom is 0.310 e. The largest absolute Gasteiger partial charge is 0.469 e. The molecule has 6 heterocycles. The van der Waals surface area contributed by atoms with Gasteiger partial charge in [0, 0.05) is 19.7 Å². The van der Waals surface area contributed by atoms with Crippen molar-refractivity contribution in [3.05, 3.63) is 0 Å². The summed E-state index contributed by atoms with van der Waals surface area (Å²) in [6.45, 7) is 7.40. The highest BCUT2D eigenvalue weighted by atomic mass is 35.5. The van der Waals surface area contributed by atoms with Gasteiger partial charge in [-0.2, -0.15) is 0 Å². The molecule has 6 aliphatic rings. The smallest absolute Gasteiger partial charge is 0.310 e. The van der Waals surface area contributed by atoms with Crippen LogP contribution in [0.1, 0.15) is 25.7 Å². The van der Waals surface area contributed by atoms with Crippen molar-refractivity contribution >= 4 is 30.8 Å². The first-order valence-electron chi connectivity index (χ1n) is 8.84. The molecule has 6 rings (SSSR count). The summed E-state index contributed by atoms with van der Waals surface area (Å²) >= 11 is 0. The van der Waals surface area contributed by atoms with Gasteiger partial charge < -0.3 is 19.6 Å². The fraction of sp³-hybridized carbons (Fsp3) is 0.941. The number of aliphatic hydroxyl groups excluding tert-OH is 1. The van der Waals surface area contributed by atoms with E-state index < -0.39 is 0 Å². The maximum absolute atomic E-state index is 11.3. The summed E-state index contributed by atoms with van der Waals surface area (Å²) in [7, 11) is 1.49. The quantitative estimate of drug-likeness (QED) is 0.736. The van der Waals surface area contributed by atoms with Crippen LogP contribution < -0.4 is 0 Å². The van der Waals surface area contributed by atoms with Crippen molar-refractivity contribution < 1.29 is 14.6 Å². The van der Waals surface area contributed by atoms with Crippen LogP contribution in [0, 0.1) is 23.7 Å². The highest BCUT2D eigenvalue weighted by molar-refractivity contribution is 5.85. The second-order valence-corrected chi connectivity index (χ2v) is 7.35. The van der Waals surface area contributed by atoms with Crippen molar-refractivity contribution in [2.45, 2.75) is 25.7 Å². The number of fused-ring (bicyclic) bond motifs is 6. The van der Waals surface area contributed by atoms with Gasteiger partial charge in [0.1, 0.15) is 0 Å². The number of carbonyl (C=O) groups excluding carboxylic acids is 1. The Morgan fingerprint density at radius 3 is 1.75 bits per heavy atom. The summed E-state index contributed by atoms with van der Waals surface area (Å²) in [5.41, 5.74) is 0. The van der Waals surface area contributed by atoms with Crippen LogP contribution in [0.4, 0.5) is 0 Å². The van der Waals surface area contributed by atoms with Gasteiger partial charge in [0.05, 0.1) is 13.0 Å². The van der Waals surface area contributed by atoms with E-state index in [0.29, 0.717) is 18.4 Å². The molecule has 24 heavy (non-hydrogen) atoms. The molecule has 1 N–H and O–H groups in total. The summed E-state index contributed by atoms with van der Waals surface area (Å²) in [4.78, 5) is 16.1. The van der Waals surface area contributed by atoms with Crippen molar-refractivity contribution in [1.29, 1.82) is 0 Å². The average molecular weight is 383 g/mol. The number of halogens is 2. The average Bonchev–Trinajstić information content (AvgIpc) is 2.63. The molecule has 6 fully saturated rings. The van der Waals surface area contributed by atoms with Crippen molar-refractivity contribution in [3.8, 4) is 0 Å². The Morgan fingerprint density at radius 1 is 0.958 bits per heavy atom. The van der Waals surface area contributed by atoms with E-state index >= 15 is 0 Å². The molecule has 7 heteroatoms. The monoisotopic (exact) mass is 382 g/mol. The van der Waals surface area contributed by atoms with Crippen molar-refractivity contribution in [3.63, 3.8) is 0 Å². The van der Waals surface area contributed by atoms with Crippen molar-refractivity contribution in [1.82, 2.24) is 9.80 Å². The summed E-state index contributed by atoms with van der Waals surface area (Å²) in [6.07, 6.45) is 5.01. The number of hydrogen-bond acceptors (Lipinski definition) is 5. The number of nitrogens with zero attached hydrogens (tertiary/aromatic N) is 2. The van der Waals surface area contributed by atoms with Gasteiger partial charge in [-0.15, -0.1) is 24.8 Å². The first-order valence-corrected chi connectivity index (χ1v) is 8.84. The third-order valence-electron chi connectivity index (χ3n) is 6.19. The number of rotatable bonds is 2. The third kappa shape index (κ3) is 4.98. The van der Waals surface area contributed by atoms with Gasteiger partial charge in [-0.1, -0.05) is 0 Å². The Hall–Kier alpha value is -0.0700. The molecule has 0 saturated carbocycles. The summed E-state index contributed by atoms with van der Waals surface area (Å²) < 4.78 is 4.78. The number of hydrogen-bond donors (Lipinski definition) is 1. The molecule has 0 aromatic carbocycles. The molecule has 0 radical (unpaired) electrons. The Bertz CT molecular complexity index is 384. The lowest BCUT2D eigenvalue weighted by molar-refractivity contribution is -0.152. The number of carbonyl (C=O) groups is 1. The highest BCUT2D eigenvalue weighted by Gasteiger charge is 2.38. The molecule has 5 nitrogen and oxygen atoms in total. The molecular formula is C17H32Cl2N2O3. The van der Waals surface area contributed by atoms with Gasteiger partial charge in [-0.25, -0.2) is 0 Å². The van der Waals surface area contributed by atoms with E-state index in [2.05, 4.69) is 9.80 Å². The molecule has 2 unspecified atom stereocenters. The van der Waals surface area contributed by atoms with Crippen LogP contribution in [0.15, 0.2) is 0 Å². The van der Waals surface area contributed by atoms with Crippen molar-refractivity contribution in [2.75, 3.05) is 53.0 Å². The second kappa shape index (κ2) is 10.2. The van der Waals surface area contributed by atoms with Crippen LogP contribution in [-0.4, -0.2) is 73.9 Å². The lowest BCUT2D eigenvalue weighted by Crippen LogP contribution is -2.50. The first-order chi connectivity index (χ1) is 10.7. The predicted molar refractivity (Wildman–Crippen MR) is 98.9 cm³/mol. The number of piperidine rings is 6. The molecule has 6 saturated heterocycles. The number of ether oxygens (including phenoxy) is 1. The van der Waals surface area contributed by atoms with Crippen LogP contribution in [0.3, 0.4) is 0 Å². The van der Waals surface area contributed by atoms with Crippen LogP contribution in [0.25, 0.3) is 0 Å². The maximum atomic E-state index is 11.3. The van der Waals surface area contributed by atoms with Crippen LogP contribution >= 0.6 is 24.8 Å². The molecule has 142 valence electrons. The van der Waals surface area contributed by atoms with Gasteiger partial charge in [-0.3, -0.25) is 4.79 Å². The molecule has 0 aromatic rings. The minimum atomic E-state index is -0.00981. The fourth-order valence-electron chi connectivity index (χ4n) is 4.68. The topological polar surface area (TPSA) is 53.0 Å². The van der Waals surface area contributed by atoms with E-state index in [1.54, 1.807) is 0 Å². The predicted octanol–water partition coefficient (Wildman–Crippen LogP) is 1.67. The first kappa shape index (κ1) is 22.0. The zero-order valence-electron chi connectivity index (χ0n) is 14.6. The van der Waals surface area contributed by atoms with Gasteiger partial charge in [0.25, 0.3) is 0 Å². The molecule has 0 aromatic heterocycles.